The average molecular weight is 283 g/mol. The van der Waals surface area contributed by atoms with Crippen molar-refractivity contribution in [2.45, 2.75) is 64.1 Å². The SMILES string of the molecule is CC(C)(C)OC(=O)N1[C@@H]2CC(=O)C[C@H]1CC(C(=O)O)C2. The van der Waals surface area contributed by atoms with Gasteiger partial charge in [-0.1, -0.05) is 0 Å². The highest BCUT2D eigenvalue weighted by molar-refractivity contribution is 5.84. The summed E-state index contributed by atoms with van der Waals surface area (Å²) in [5.74, 6) is -1.22. The lowest BCUT2D eigenvalue weighted by molar-refractivity contribution is -0.148. The zero-order chi connectivity index (χ0) is 15.1. The maximum Gasteiger partial charge on any atom is 0.410 e. The molecule has 6 heteroatoms. The summed E-state index contributed by atoms with van der Waals surface area (Å²) in [4.78, 5) is 36.7. The number of ether oxygens (including phenoxy) is 1. The van der Waals surface area contributed by atoms with E-state index in [-0.39, 0.29) is 30.7 Å². The molecule has 20 heavy (non-hydrogen) atoms. The first-order valence-electron chi connectivity index (χ1n) is 6.93. The molecule has 0 spiro atoms. The van der Waals surface area contributed by atoms with Gasteiger partial charge in [0.25, 0.3) is 0 Å². The topological polar surface area (TPSA) is 83.9 Å². The molecule has 0 aromatic rings. The van der Waals surface area contributed by atoms with Gasteiger partial charge in [-0.15, -0.1) is 0 Å². The summed E-state index contributed by atoms with van der Waals surface area (Å²) in [5.41, 5.74) is -0.598. The Morgan fingerprint density at radius 1 is 1.20 bits per heavy atom. The first-order chi connectivity index (χ1) is 9.17. The van der Waals surface area contributed by atoms with Crippen molar-refractivity contribution in [3.63, 3.8) is 0 Å². The van der Waals surface area contributed by atoms with Gasteiger partial charge in [0.15, 0.2) is 0 Å². The second-order valence-electron chi connectivity index (χ2n) is 6.65. The van der Waals surface area contributed by atoms with Crippen LogP contribution in [0.2, 0.25) is 0 Å². The molecular weight excluding hydrogens is 262 g/mol. The van der Waals surface area contributed by atoms with Crippen molar-refractivity contribution in [1.82, 2.24) is 4.90 Å². The van der Waals surface area contributed by atoms with Crippen LogP contribution in [-0.2, 0) is 14.3 Å². The number of hydrogen-bond donors (Lipinski definition) is 1. The maximum absolute atomic E-state index is 12.3. The van der Waals surface area contributed by atoms with E-state index in [2.05, 4.69) is 0 Å². The van der Waals surface area contributed by atoms with Crippen molar-refractivity contribution in [3.05, 3.63) is 0 Å². The van der Waals surface area contributed by atoms with Crippen LogP contribution in [0, 0.1) is 5.92 Å². The summed E-state index contributed by atoms with van der Waals surface area (Å²) in [6.45, 7) is 5.36. The van der Waals surface area contributed by atoms with Gasteiger partial charge in [0, 0.05) is 24.9 Å². The van der Waals surface area contributed by atoms with Crippen molar-refractivity contribution in [2.24, 2.45) is 5.92 Å². The Kier molecular flexibility index (Phi) is 3.75. The number of aliphatic carboxylic acids is 1. The highest BCUT2D eigenvalue weighted by Crippen LogP contribution is 2.36. The molecule has 2 heterocycles. The molecule has 1 N–H and O–H groups in total. The molecule has 1 amide bonds. The van der Waals surface area contributed by atoms with E-state index in [4.69, 9.17) is 9.84 Å². The quantitative estimate of drug-likeness (QED) is 0.793. The van der Waals surface area contributed by atoms with Crippen LogP contribution >= 0.6 is 0 Å². The second-order valence-corrected chi connectivity index (χ2v) is 6.65. The summed E-state index contributed by atoms with van der Waals surface area (Å²) < 4.78 is 5.37. The molecule has 2 aliphatic heterocycles. The predicted octanol–water partition coefficient (Wildman–Crippen LogP) is 1.82. The summed E-state index contributed by atoms with van der Waals surface area (Å²) in [6, 6.07) is -0.683. The smallest absolute Gasteiger partial charge is 0.410 e. The fraction of sp³-hybridized carbons (Fsp3) is 0.786. The zero-order valence-corrected chi connectivity index (χ0v) is 12.1. The molecule has 2 aliphatic rings. The van der Waals surface area contributed by atoms with E-state index in [1.54, 1.807) is 25.7 Å². The summed E-state index contributed by atoms with van der Waals surface area (Å²) in [5, 5.41) is 9.15. The summed E-state index contributed by atoms with van der Waals surface area (Å²) >= 11 is 0. The van der Waals surface area contributed by atoms with Crippen molar-refractivity contribution in [3.8, 4) is 0 Å². The Morgan fingerprint density at radius 3 is 2.10 bits per heavy atom. The van der Waals surface area contributed by atoms with Crippen LogP contribution in [-0.4, -0.2) is 45.5 Å². The Hall–Kier alpha value is -1.59. The molecule has 0 aromatic carbocycles. The van der Waals surface area contributed by atoms with Crippen LogP contribution in [0.3, 0.4) is 0 Å². The number of carboxylic acids is 1. The zero-order valence-electron chi connectivity index (χ0n) is 12.1. The lowest BCUT2D eigenvalue weighted by Crippen LogP contribution is -2.58. The standard InChI is InChI=1S/C14H21NO5/c1-14(2,3)20-13(19)15-9-4-8(12(17)18)5-10(15)7-11(16)6-9/h8-10H,4-7H2,1-3H3,(H,17,18)/t8?,9-,10+. The van der Waals surface area contributed by atoms with E-state index in [0.29, 0.717) is 12.8 Å². The van der Waals surface area contributed by atoms with E-state index in [9.17, 15) is 14.4 Å². The van der Waals surface area contributed by atoms with Gasteiger partial charge in [0.2, 0.25) is 0 Å². The fourth-order valence-corrected chi connectivity index (χ4v) is 3.07. The number of piperidine rings is 2. The largest absolute Gasteiger partial charge is 0.481 e. The van der Waals surface area contributed by atoms with Gasteiger partial charge in [0.05, 0.1) is 5.92 Å². The van der Waals surface area contributed by atoms with E-state index in [0.717, 1.165) is 0 Å². The Balaban J connectivity index is 2.16. The number of rotatable bonds is 1. The van der Waals surface area contributed by atoms with Crippen molar-refractivity contribution < 1.29 is 24.2 Å². The van der Waals surface area contributed by atoms with Gasteiger partial charge >= 0.3 is 12.1 Å². The van der Waals surface area contributed by atoms with Crippen LogP contribution in [0.15, 0.2) is 0 Å². The van der Waals surface area contributed by atoms with Gasteiger partial charge in [-0.05, 0) is 33.6 Å². The minimum Gasteiger partial charge on any atom is -0.481 e. The van der Waals surface area contributed by atoms with E-state index in [1.807, 2.05) is 0 Å². The minimum absolute atomic E-state index is 0.101. The van der Waals surface area contributed by atoms with Gasteiger partial charge in [0.1, 0.15) is 11.4 Å². The highest BCUT2D eigenvalue weighted by Gasteiger charge is 2.46. The molecule has 2 fully saturated rings. The molecule has 0 saturated carbocycles. The predicted molar refractivity (Wildman–Crippen MR) is 70.2 cm³/mol. The van der Waals surface area contributed by atoms with E-state index in [1.165, 1.54) is 0 Å². The van der Waals surface area contributed by atoms with E-state index >= 15 is 0 Å². The normalized spacial score (nSPS) is 30.1. The molecule has 0 radical (unpaired) electrons. The van der Waals surface area contributed by atoms with Crippen LogP contribution in [0.1, 0.15) is 46.5 Å². The average Bonchev–Trinajstić information content (AvgIpc) is 2.23. The minimum atomic E-state index is -0.849. The molecule has 3 atom stereocenters. The summed E-state index contributed by atoms with van der Waals surface area (Å²) in [7, 11) is 0. The Labute approximate surface area is 118 Å². The first kappa shape index (κ1) is 14.8. The Morgan fingerprint density at radius 2 is 1.70 bits per heavy atom. The molecule has 0 aliphatic carbocycles. The van der Waals surface area contributed by atoms with Crippen molar-refractivity contribution in [2.75, 3.05) is 0 Å². The number of ketones is 1. The van der Waals surface area contributed by atoms with Crippen LogP contribution in [0.5, 0.6) is 0 Å². The third-order valence-corrected chi connectivity index (χ3v) is 3.78. The Bertz CT molecular complexity index is 421. The van der Waals surface area contributed by atoms with Crippen molar-refractivity contribution in [1.29, 1.82) is 0 Å². The van der Waals surface area contributed by atoms with Crippen LogP contribution < -0.4 is 0 Å². The molecule has 112 valence electrons. The first-order valence-corrected chi connectivity index (χ1v) is 6.93. The number of hydrogen-bond acceptors (Lipinski definition) is 4. The number of amides is 1. The van der Waals surface area contributed by atoms with Gasteiger partial charge in [-0.2, -0.15) is 0 Å². The number of carboxylic acid groups (broad SMARTS) is 1. The summed E-state index contributed by atoms with van der Waals surface area (Å²) in [6.07, 6.45) is 0.691. The number of fused-ring (bicyclic) bond motifs is 2. The highest BCUT2D eigenvalue weighted by atomic mass is 16.6. The monoisotopic (exact) mass is 283 g/mol. The number of carbonyl (C=O) groups excluding carboxylic acids is 2. The molecule has 2 saturated heterocycles. The van der Waals surface area contributed by atoms with Crippen LogP contribution in [0.4, 0.5) is 4.79 Å². The molecule has 6 nitrogen and oxygen atoms in total. The van der Waals surface area contributed by atoms with Gasteiger partial charge < -0.3 is 14.7 Å². The molecule has 0 aromatic heterocycles. The van der Waals surface area contributed by atoms with Gasteiger partial charge in [-0.3, -0.25) is 9.59 Å². The van der Waals surface area contributed by atoms with Crippen molar-refractivity contribution >= 4 is 17.8 Å². The third kappa shape index (κ3) is 3.11. The van der Waals surface area contributed by atoms with Crippen LogP contribution in [0.25, 0.3) is 0 Å². The fourth-order valence-electron chi connectivity index (χ4n) is 3.07. The molecule has 2 rings (SSSR count). The molecule has 1 unspecified atom stereocenters. The lowest BCUT2D eigenvalue weighted by Gasteiger charge is -2.47. The molecule has 2 bridgehead atoms. The van der Waals surface area contributed by atoms with E-state index < -0.39 is 23.6 Å². The lowest BCUT2D eigenvalue weighted by atomic mass is 9.78. The third-order valence-electron chi connectivity index (χ3n) is 3.78. The number of nitrogens with zero attached hydrogens (tertiary/aromatic N) is 1. The van der Waals surface area contributed by atoms with Gasteiger partial charge in [-0.25, -0.2) is 4.79 Å². The number of carbonyl (C=O) groups is 3. The molecular formula is C14H21NO5. The second kappa shape index (κ2) is 5.07. The number of Topliss-reactive ketones (excluding diaryl/α,β-unsaturated/α-hetero) is 1. The maximum atomic E-state index is 12.3.